The van der Waals surface area contributed by atoms with Gasteiger partial charge < -0.3 is 0 Å². The molecule has 1 N–H and O–H groups in total. The fourth-order valence-electron chi connectivity index (χ4n) is 3.13. The normalized spacial score (nSPS) is 18.5. The van der Waals surface area contributed by atoms with Gasteiger partial charge in [-0.05, 0) is 6.42 Å². The van der Waals surface area contributed by atoms with Gasteiger partial charge in [-0.3, -0.25) is 19.6 Å². The minimum Gasteiger partial charge on any atom is -0.296 e. The van der Waals surface area contributed by atoms with Crippen LogP contribution in [0.25, 0.3) is 10.9 Å². The molecule has 1 fully saturated rings. The lowest BCUT2D eigenvalue weighted by molar-refractivity contribution is -0.134. The molecule has 119 valence electrons. The highest BCUT2D eigenvalue weighted by Crippen LogP contribution is 2.29. The standard InChI is InChI=1S/C17H21BN3O2/c1-10(2)9-18-13-6-4-5-11-15(20-21(3)16(11)13)12-7-8-14(22)19-17(12)23/h4-6,10,12H,7-9H2,1-3H3,(H,19,22,23). The lowest BCUT2D eigenvalue weighted by Crippen LogP contribution is -2.39. The van der Waals surface area contributed by atoms with Gasteiger partial charge in [-0.1, -0.05) is 49.7 Å². The summed E-state index contributed by atoms with van der Waals surface area (Å²) in [5, 5.41) is 8.02. The second kappa shape index (κ2) is 6.18. The molecule has 2 heterocycles. The van der Waals surface area contributed by atoms with Gasteiger partial charge in [0.2, 0.25) is 11.8 Å². The van der Waals surface area contributed by atoms with E-state index >= 15 is 0 Å². The van der Waals surface area contributed by atoms with Crippen LogP contribution in [0.15, 0.2) is 18.2 Å². The number of nitrogens with zero attached hydrogens (tertiary/aromatic N) is 2. The molecule has 1 aliphatic rings. The van der Waals surface area contributed by atoms with Crippen molar-refractivity contribution in [3.8, 4) is 0 Å². The van der Waals surface area contributed by atoms with E-state index in [-0.39, 0.29) is 17.7 Å². The quantitative estimate of drug-likeness (QED) is 0.687. The first-order valence-electron chi connectivity index (χ1n) is 8.10. The van der Waals surface area contributed by atoms with Crippen molar-refractivity contribution in [3.63, 3.8) is 0 Å². The van der Waals surface area contributed by atoms with Crippen LogP contribution in [0.4, 0.5) is 0 Å². The number of rotatable bonds is 4. The van der Waals surface area contributed by atoms with Crippen LogP contribution in [-0.2, 0) is 16.6 Å². The number of aromatic nitrogens is 2. The van der Waals surface area contributed by atoms with Gasteiger partial charge in [0.1, 0.15) is 0 Å². The number of fused-ring (bicyclic) bond motifs is 1. The van der Waals surface area contributed by atoms with E-state index in [9.17, 15) is 9.59 Å². The smallest absolute Gasteiger partial charge is 0.235 e. The lowest BCUT2D eigenvalue weighted by atomic mass is 9.63. The highest BCUT2D eigenvalue weighted by molar-refractivity contribution is 6.56. The second-order valence-electron chi connectivity index (χ2n) is 6.59. The Kier molecular flexibility index (Phi) is 4.24. The summed E-state index contributed by atoms with van der Waals surface area (Å²) in [4.78, 5) is 23.5. The molecule has 2 aromatic rings. The molecule has 1 unspecified atom stereocenters. The van der Waals surface area contributed by atoms with Gasteiger partial charge in [0.25, 0.3) is 0 Å². The van der Waals surface area contributed by atoms with Gasteiger partial charge in [0.15, 0.2) is 7.28 Å². The van der Waals surface area contributed by atoms with E-state index in [1.807, 2.05) is 23.9 Å². The summed E-state index contributed by atoms with van der Waals surface area (Å²) >= 11 is 0. The van der Waals surface area contributed by atoms with Gasteiger partial charge in [-0.25, -0.2) is 0 Å². The first-order chi connectivity index (χ1) is 11.0. The third-order valence-corrected chi connectivity index (χ3v) is 4.30. The number of benzene rings is 1. The number of amides is 2. The van der Waals surface area contributed by atoms with Crippen molar-refractivity contribution in [2.75, 3.05) is 0 Å². The number of hydrogen-bond acceptors (Lipinski definition) is 3. The number of carbonyl (C=O) groups excluding carboxylic acids is 2. The number of imide groups is 1. The molecule has 0 bridgehead atoms. The molecule has 1 atom stereocenters. The topological polar surface area (TPSA) is 64.0 Å². The number of piperidine rings is 1. The van der Waals surface area contributed by atoms with Gasteiger partial charge in [-0.15, -0.1) is 0 Å². The summed E-state index contributed by atoms with van der Waals surface area (Å²) in [6.07, 6.45) is 1.89. The molecule has 3 rings (SSSR count). The lowest BCUT2D eigenvalue weighted by Gasteiger charge is -2.19. The molecule has 1 radical (unpaired) electrons. The Morgan fingerprint density at radius 3 is 2.87 bits per heavy atom. The number of carbonyl (C=O) groups is 2. The summed E-state index contributed by atoms with van der Waals surface area (Å²) in [6, 6.07) is 6.10. The first-order valence-corrected chi connectivity index (χ1v) is 8.10. The average Bonchev–Trinajstić information content (AvgIpc) is 2.83. The average molecular weight is 310 g/mol. The zero-order chi connectivity index (χ0) is 16.6. The van der Waals surface area contributed by atoms with Crippen LogP contribution in [0.1, 0.15) is 38.3 Å². The summed E-state index contributed by atoms with van der Waals surface area (Å²) in [5.41, 5.74) is 2.96. The van der Waals surface area contributed by atoms with E-state index in [1.54, 1.807) is 0 Å². The Hall–Kier alpha value is -2.11. The Labute approximate surface area is 136 Å². The summed E-state index contributed by atoms with van der Waals surface area (Å²) < 4.78 is 1.85. The molecule has 6 heteroatoms. The summed E-state index contributed by atoms with van der Waals surface area (Å²) in [6.45, 7) is 4.38. The van der Waals surface area contributed by atoms with E-state index in [4.69, 9.17) is 0 Å². The molecule has 2 amide bonds. The Morgan fingerprint density at radius 1 is 1.39 bits per heavy atom. The summed E-state index contributed by atoms with van der Waals surface area (Å²) in [7, 11) is 4.13. The molecule has 0 aliphatic carbocycles. The van der Waals surface area contributed by atoms with Crippen LogP contribution in [-0.4, -0.2) is 28.9 Å². The van der Waals surface area contributed by atoms with Gasteiger partial charge in [0.05, 0.1) is 17.1 Å². The Balaban J connectivity index is 2.01. The largest absolute Gasteiger partial charge is 0.296 e. The molecule has 1 aromatic heterocycles. The highest BCUT2D eigenvalue weighted by Gasteiger charge is 2.31. The molecular weight excluding hydrogens is 289 g/mol. The van der Waals surface area contributed by atoms with E-state index in [0.29, 0.717) is 18.8 Å². The number of nitrogens with one attached hydrogen (secondary N) is 1. The van der Waals surface area contributed by atoms with Crippen LogP contribution >= 0.6 is 0 Å². The van der Waals surface area contributed by atoms with Crippen molar-refractivity contribution < 1.29 is 9.59 Å². The minimum atomic E-state index is -0.350. The molecule has 1 saturated heterocycles. The zero-order valence-electron chi connectivity index (χ0n) is 13.8. The van der Waals surface area contributed by atoms with E-state index in [0.717, 1.165) is 28.4 Å². The van der Waals surface area contributed by atoms with Crippen LogP contribution in [0.3, 0.4) is 0 Å². The van der Waals surface area contributed by atoms with Crippen molar-refractivity contribution in [3.05, 3.63) is 23.9 Å². The summed E-state index contributed by atoms with van der Waals surface area (Å²) in [5.74, 6) is -0.194. The molecule has 1 aliphatic heterocycles. The molecule has 5 nitrogen and oxygen atoms in total. The fraction of sp³-hybridized carbons (Fsp3) is 0.471. The van der Waals surface area contributed by atoms with Crippen LogP contribution < -0.4 is 10.8 Å². The third kappa shape index (κ3) is 3.02. The fourth-order valence-corrected chi connectivity index (χ4v) is 3.13. The van der Waals surface area contributed by atoms with Crippen LogP contribution in [0.5, 0.6) is 0 Å². The molecule has 0 saturated carbocycles. The van der Waals surface area contributed by atoms with Crippen molar-refractivity contribution in [1.29, 1.82) is 0 Å². The number of para-hydroxylation sites is 1. The second-order valence-corrected chi connectivity index (χ2v) is 6.59. The van der Waals surface area contributed by atoms with Gasteiger partial charge >= 0.3 is 0 Å². The molecule has 1 aromatic carbocycles. The van der Waals surface area contributed by atoms with Crippen LogP contribution in [0, 0.1) is 5.92 Å². The maximum atomic E-state index is 12.2. The highest BCUT2D eigenvalue weighted by atomic mass is 16.2. The Morgan fingerprint density at radius 2 is 2.17 bits per heavy atom. The Bertz CT molecular complexity index is 767. The van der Waals surface area contributed by atoms with E-state index < -0.39 is 0 Å². The third-order valence-electron chi connectivity index (χ3n) is 4.30. The maximum Gasteiger partial charge on any atom is 0.235 e. The van der Waals surface area contributed by atoms with E-state index in [1.165, 1.54) is 0 Å². The molecular formula is C17H21BN3O2. The first kappa shape index (κ1) is 15.8. The number of hydrogen-bond donors (Lipinski definition) is 1. The van der Waals surface area contributed by atoms with Crippen molar-refractivity contribution in [2.24, 2.45) is 13.0 Å². The van der Waals surface area contributed by atoms with Gasteiger partial charge in [0, 0.05) is 18.9 Å². The predicted octanol–water partition coefficient (Wildman–Crippen LogP) is 1.50. The van der Waals surface area contributed by atoms with Crippen molar-refractivity contribution >= 4 is 35.5 Å². The zero-order valence-corrected chi connectivity index (χ0v) is 13.8. The van der Waals surface area contributed by atoms with Crippen molar-refractivity contribution in [2.45, 2.75) is 38.9 Å². The molecule has 23 heavy (non-hydrogen) atoms. The monoisotopic (exact) mass is 310 g/mol. The van der Waals surface area contributed by atoms with E-state index in [2.05, 4.69) is 37.6 Å². The predicted molar refractivity (Wildman–Crippen MR) is 90.9 cm³/mol. The number of aryl methyl sites for hydroxylation is 1. The SMILES string of the molecule is CC(C)C[B]c1cccc2c(C3CCC(=O)NC3=O)nn(C)c12. The minimum absolute atomic E-state index is 0.197. The van der Waals surface area contributed by atoms with Gasteiger partial charge in [-0.2, -0.15) is 5.10 Å². The molecule has 0 spiro atoms. The maximum absolute atomic E-state index is 12.2. The van der Waals surface area contributed by atoms with Crippen molar-refractivity contribution in [1.82, 2.24) is 15.1 Å². The van der Waals surface area contributed by atoms with Crippen LogP contribution in [0.2, 0.25) is 6.32 Å².